The molecule has 8 heteroatoms. The molecule has 33 heavy (non-hydrogen) atoms. The summed E-state index contributed by atoms with van der Waals surface area (Å²) in [7, 11) is 0. The first-order valence-electron chi connectivity index (χ1n) is 11.4. The van der Waals surface area contributed by atoms with E-state index in [1.807, 2.05) is 38.1 Å². The Balaban J connectivity index is 1.49. The molecule has 4 rings (SSSR count). The number of esters is 1. The number of aromatic amines is 1. The number of fused-ring (bicyclic) bond motifs is 1. The highest BCUT2D eigenvalue weighted by Crippen LogP contribution is 2.31. The summed E-state index contributed by atoms with van der Waals surface area (Å²) in [6.45, 7) is 9.31. The number of aromatic nitrogens is 2. The van der Waals surface area contributed by atoms with E-state index in [0.29, 0.717) is 26.5 Å². The van der Waals surface area contributed by atoms with E-state index in [1.54, 1.807) is 13.8 Å². The van der Waals surface area contributed by atoms with Crippen molar-refractivity contribution in [3.05, 3.63) is 62.0 Å². The minimum atomic E-state index is -0.424. The van der Waals surface area contributed by atoms with Crippen LogP contribution in [0.3, 0.4) is 0 Å². The first-order valence-corrected chi connectivity index (χ1v) is 12.2. The Bertz CT molecular complexity index is 1240. The van der Waals surface area contributed by atoms with Crippen molar-refractivity contribution in [3.63, 3.8) is 0 Å². The molecule has 1 atom stereocenters. The number of aryl methyl sites for hydroxylation is 2. The van der Waals surface area contributed by atoms with E-state index in [9.17, 15) is 14.4 Å². The minimum absolute atomic E-state index is 0.0118. The van der Waals surface area contributed by atoms with Gasteiger partial charge >= 0.3 is 5.97 Å². The minimum Gasteiger partial charge on any atom is -0.462 e. The molecule has 3 heterocycles. The number of likely N-dealkylation sites (tertiary alicyclic amines) is 1. The fourth-order valence-electron chi connectivity index (χ4n) is 4.43. The van der Waals surface area contributed by atoms with Gasteiger partial charge in [-0.1, -0.05) is 29.8 Å². The number of hydrogen-bond acceptors (Lipinski definition) is 7. The zero-order valence-corrected chi connectivity index (χ0v) is 20.3. The maximum absolute atomic E-state index is 12.9. The first-order chi connectivity index (χ1) is 15.8. The summed E-state index contributed by atoms with van der Waals surface area (Å²) < 4.78 is 5.11. The number of ketones is 1. The summed E-state index contributed by atoms with van der Waals surface area (Å²) in [6, 6.07) is 7.66. The third-order valence-corrected chi connectivity index (χ3v) is 7.63. The second-order valence-electron chi connectivity index (χ2n) is 8.62. The van der Waals surface area contributed by atoms with Crippen LogP contribution in [0.5, 0.6) is 0 Å². The number of H-pyrrole nitrogens is 1. The maximum Gasteiger partial charge on any atom is 0.348 e. The zero-order valence-electron chi connectivity index (χ0n) is 19.4. The monoisotopic (exact) mass is 467 g/mol. The normalized spacial score (nSPS) is 16.1. The first kappa shape index (κ1) is 23.3. The molecule has 1 N–H and O–H groups in total. The quantitative estimate of drug-likeness (QED) is 0.426. The molecule has 1 aliphatic rings. The van der Waals surface area contributed by atoms with Gasteiger partial charge in [0.25, 0.3) is 5.56 Å². The molecule has 0 amide bonds. The van der Waals surface area contributed by atoms with Gasteiger partial charge < -0.3 is 9.72 Å². The van der Waals surface area contributed by atoms with Gasteiger partial charge in [0, 0.05) is 11.5 Å². The van der Waals surface area contributed by atoms with Gasteiger partial charge in [-0.15, -0.1) is 11.3 Å². The van der Waals surface area contributed by atoms with Crippen molar-refractivity contribution in [2.24, 2.45) is 5.92 Å². The van der Waals surface area contributed by atoms with Gasteiger partial charge in [0.1, 0.15) is 15.5 Å². The van der Waals surface area contributed by atoms with E-state index < -0.39 is 5.97 Å². The van der Waals surface area contributed by atoms with Gasteiger partial charge in [0.05, 0.1) is 18.0 Å². The van der Waals surface area contributed by atoms with Crippen LogP contribution in [0.2, 0.25) is 0 Å². The smallest absolute Gasteiger partial charge is 0.348 e. The summed E-state index contributed by atoms with van der Waals surface area (Å²) in [5.74, 6) is 0.369. The number of Topliss-reactive ketones (excluding diaryl/α,β-unsaturated/α-hetero) is 1. The van der Waals surface area contributed by atoms with Gasteiger partial charge in [-0.05, 0) is 59.2 Å². The lowest BCUT2D eigenvalue weighted by Gasteiger charge is -2.35. The van der Waals surface area contributed by atoms with Crippen LogP contribution in [0, 0.1) is 19.8 Å². The standard InChI is InChI=1S/C25H29N3O4S/c1-5-32-25(31)21-15(3)19-23(30)26-22(27-24(19)33-21)16(4)28-12-10-18(11-13-28)20(29)17-8-6-14(2)7-9-17/h6-9,16,18H,5,10-13H2,1-4H3,(H,26,27,30). The highest BCUT2D eigenvalue weighted by molar-refractivity contribution is 7.20. The largest absolute Gasteiger partial charge is 0.462 e. The molecule has 3 aromatic rings. The summed E-state index contributed by atoms with van der Waals surface area (Å²) in [5, 5.41) is 0.446. The molecule has 1 saturated heterocycles. The average molecular weight is 468 g/mol. The molecule has 174 valence electrons. The van der Waals surface area contributed by atoms with Crippen LogP contribution in [-0.2, 0) is 4.74 Å². The molecule has 7 nitrogen and oxygen atoms in total. The molecule has 1 unspecified atom stereocenters. The van der Waals surface area contributed by atoms with Crippen molar-refractivity contribution in [3.8, 4) is 0 Å². The number of benzene rings is 1. The topological polar surface area (TPSA) is 92.4 Å². The number of thiophene rings is 1. The summed E-state index contributed by atoms with van der Waals surface area (Å²) in [5.41, 5.74) is 2.28. The molecule has 0 spiro atoms. The number of ether oxygens (including phenoxy) is 1. The molecule has 0 bridgehead atoms. The fourth-order valence-corrected chi connectivity index (χ4v) is 5.51. The van der Waals surface area contributed by atoms with E-state index >= 15 is 0 Å². The molecular formula is C25H29N3O4S. The highest BCUT2D eigenvalue weighted by Gasteiger charge is 2.30. The van der Waals surface area contributed by atoms with Crippen LogP contribution < -0.4 is 5.56 Å². The lowest BCUT2D eigenvalue weighted by atomic mass is 9.88. The number of carbonyl (C=O) groups is 2. The molecule has 0 saturated carbocycles. The van der Waals surface area contributed by atoms with E-state index in [2.05, 4.69) is 9.88 Å². The van der Waals surface area contributed by atoms with Crippen LogP contribution in [0.25, 0.3) is 10.2 Å². The molecular weight excluding hydrogens is 438 g/mol. The van der Waals surface area contributed by atoms with Gasteiger partial charge in [-0.3, -0.25) is 14.5 Å². The Kier molecular flexibility index (Phi) is 6.76. The maximum atomic E-state index is 12.9. The van der Waals surface area contributed by atoms with Crippen LogP contribution in [0.1, 0.15) is 69.7 Å². The second-order valence-corrected chi connectivity index (χ2v) is 9.62. The number of hydrogen-bond donors (Lipinski definition) is 1. The van der Waals surface area contributed by atoms with Crippen molar-refractivity contribution in [1.29, 1.82) is 0 Å². The van der Waals surface area contributed by atoms with Crippen molar-refractivity contribution in [2.45, 2.75) is 46.6 Å². The van der Waals surface area contributed by atoms with Crippen LogP contribution in [0.15, 0.2) is 29.1 Å². The molecule has 1 aliphatic heterocycles. The van der Waals surface area contributed by atoms with Gasteiger partial charge in [-0.25, -0.2) is 9.78 Å². The predicted octanol–water partition coefficient (Wildman–Crippen LogP) is 4.43. The number of piperidine rings is 1. The van der Waals surface area contributed by atoms with Crippen molar-refractivity contribution in [2.75, 3.05) is 19.7 Å². The van der Waals surface area contributed by atoms with Gasteiger partial charge in [0.2, 0.25) is 0 Å². The van der Waals surface area contributed by atoms with Gasteiger partial charge in [-0.2, -0.15) is 0 Å². The number of nitrogens with one attached hydrogen (secondary N) is 1. The van der Waals surface area contributed by atoms with Crippen molar-refractivity contribution < 1.29 is 14.3 Å². The fraction of sp³-hybridized carbons (Fsp3) is 0.440. The molecule has 2 aromatic heterocycles. The van der Waals surface area contributed by atoms with E-state index in [0.717, 1.165) is 37.1 Å². The Morgan fingerprint density at radius 2 is 1.88 bits per heavy atom. The summed E-state index contributed by atoms with van der Waals surface area (Å²) in [6.07, 6.45) is 1.54. The van der Waals surface area contributed by atoms with Crippen molar-refractivity contribution in [1.82, 2.24) is 14.9 Å². The third-order valence-electron chi connectivity index (χ3n) is 6.46. The SMILES string of the molecule is CCOC(=O)c1sc2nc(C(C)N3CCC(C(=O)c4ccc(C)cc4)CC3)[nH]c(=O)c2c1C. The van der Waals surface area contributed by atoms with Crippen LogP contribution >= 0.6 is 11.3 Å². The lowest BCUT2D eigenvalue weighted by Crippen LogP contribution is -2.38. The summed E-state index contributed by atoms with van der Waals surface area (Å²) in [4.78, 5) is 48.7. The number of carbonyl (C=O) groups excluding carboxylic acids is 2. The molecule has 1 aromatic carbocycles. The Hall–Kier alpha value is -2.84. The summed E-state index contributed by atoms with van der Waals surface area (Å²) >= 11 is 1.20. The van der Waals surface area contributed by atoms with Crippen LogP contribution in [-0.4, -0.2) is 46.3 Å². The number of nitrogens with zero attached hydrogens (tertiary/aromatic N) is 2. The van der Waals surface area contributed by atoms with Crippen molar-refractivity contribution >= 4 is 33.3 Å². The molecule has 0 aliphatic carbocycles. The Morgan fingerprint density at radius 1 is 1.21 bits per heavy atom. The Labute approximate surface area is 196 Å². The Morgan fingerprint density at radius 3 is 2.52 bits per heavy atom. The second kappa shape index (κ2) is 9.57. The van der Waals surface area contributed by atoms with E-state index in [4.69, 9.17) is 9.72 Å². The third kappa shape index (κ3) is 4.63. The van der Waals surface area contributed by atoms with E-state index in [1.165, 1.54) is 11.3 Å². The lowest BCUT2D eigenvalue weighted by molar-refractivity contribution is 0.0531. The average Bonchev–Trinajstić information content (AvgIpc) is 3.16. The highest BCUT2D eigenvalue weighted by atomic mass is 32.1. The van der Waals surface area contributed by atoms with Gasteiger partial charge in [0.15, 0.2) is 5.78 Å². The van der Waals surface area contributed by atoms with E-state index in [-0.39, 0.29) is 29.9 Å². The zero-order chi connectivity index (χ0) is 23.7. The molecule has 1 fully saturated rings. The molecule has 0 radical (unpaired) electrons. The van der Waals surface area contributed by atoms with Crippen LogP contribution in [0.4, 0.5) is 0 Å². The number of rotatable bonds is 6. The predicted molar refractivity (Wildman–Crippen MR) is 129 cm³/mol.